The Bertz CT molecular complexity index is 536. The second-order valence-electron chi connectivity index (χ2n) is 3.78. The first-order valence-corrected chi connectivity index (χ1v) is 5.37. The van der Waals surface area contributed by atoms with Crippen LogP contribution in [0.3, 0.4) is 0 Å². The molecule has 1 aromatic rings. The molecule has 1 saturated heterocycles. The van der Waals surface area contributed by atoms with Crippen molar-refractivity contribution in [2.45, 2.75) is 0 Å². The molecular formula is C12H18N4O. The highest BCUT2D eigenvalue weighted by molar-refractivity contribution is 5.93. The van der Waals surface area contributed by atoms with Gasteiger partial charge >= 0.3 is 0 Å². The molecule has 0 saturated carbocycles. The summed E-state index contributed by atoms with van der Waals surface area (Å²) in [5.41, 5.74) is -0.0730. The Morgan fingerprint density at radius 3 is 2.82 bits per heavy atom. The van der Waals surface area contributed by atoms with Gasteiger partial charge in [0.15, 0.2) is 0 Å². The van der Waals surface area contributed by atoms with E-state index in [4.69, 9.17) is 8.22 Å². The molecule has 1 aromatic heterocycles. The molecule has 0 aromatic carbocycles. The molecule has 1 aliphatic heterocycles. The monoisotopic (exact) mass is 240 g/mol. The number of piperazine rings is 1. The normalized spacial score (nSPS) is 22.5. The quantitative estimate of drug-likeness (QED) is 0.802. The number of anilines is 1. The van der Waals surface area contributed by atoms with E-state index >= 15 is 0 Å². The average Bonchev–Trinajstić information content (AvgIpc) is 2.45. The Hall–Kier alpha value is -1.62. The minimum atomic E-state index is -3.06. The molecule has 5 nitrogen and oxygen atoms in total. The summed E-state index contributed by atoms with van der Waals surface area (Å²) in [6, 6.07) is 2.99. The van der Waals surface area contributed by atoms with Crippen LogP contribution in [0.25, 0.3) is 0 Å². The molecule has 1 aliphatic rings. The van der Waals surface area contributed by atoms with Gasteiger partial charge in [-0.2, -0.15) is 0 Å². The van der Waals surface area contributed by atoms with Gasteiger partial charge in [-0.25, -0.2) is 4.98 Å². The summed E-state index contributed by atoms with van der Waals surface area (Å²) in [4.78, 5) is 18.4. The van der Waals surface area contributed by atoms with Crippen LogP contribution in [0.1, 0.15) is 18.6 Å². The van der Waals surface area contributed by atoms with Crippen LogP contribution < -0.4 is 10.2 Å². The van der Waals surface area contributed by atoms with Gasteiger partial charge in [0.2, 0.25) is 0 Å². The largest absolute Gasteiger partial charge is 0.354 e. The first kappa shape index (κ1) is 6.35. The number of carbonyl (C=O) groups excluding carboxylic acids is 1. The fourth-order valence-corrected chi connectivity index (χ4v) is 1.72. The highest BCUT2D eigenvalue weighted by Gasteiger charge is 2.13. The average molecular weight is 240 g/mol. The van der Waals surface area contributed by atoms with Crippen LogP contribution in [0.5, 0.6) is 0 Å². The van der Waals surface area contributed by atoms with Crippen LogP contribution in [0, 0.1) is 0 Å². The van der Waals surface area contributed by atoms with E-state index in [-0.39, 0.29) is 10.5 Å². The van der Waals surface area contributed by atoms with E-state index in [1.165, 1.54) is 12.3 Å². The van der Waals surface area contributed by atoms with Gasteiger partial charge in [0.1, 0.15) is 5.82 Å². The molecule has 0 radical (unpaired) electrons. The molecule has 0 unspecified atom stereocenters. The summed E-state index contributed by atoms with van der Waals surface area (Å²) >= 11 is 0. The molecular weight excluding hydrogens is 216 g/mol. The summed E-state index contributed by atoms with van der Waals surface area (Å²) in [7, 11) is 0. The lowest BCUT2D eigenvalue weighted by molar-refractivity contribution is 0.0827. The third-order valence-electron chi connectivity index (χ3n) is 2.64. The van der Waals surface area contributed by atoms with Crippen molar-refractivity contribution in [3.8, 4) is 0 Å². The summed E-state index contributed by atoms with van der Waals surface area (Å²) in [6.07, 6.45) is 1.21. The number of rotatable bonds is 2. The topological polar surface area (TPSA) is 48.5 Å². The lowest BCUT2D eigenvalue weighted by Gasteiger charge is -2.28. The van der Waals surface area contributed by atoms with Crippen molar-refractivity contribution in [2.75, 3.05) is 45.0 Å². The number of pyridine rings is 1. The zero-order chi connectivity index (χ0) is 17.3. The molecule has 1 amide bonds. The summed E-state index contributed by atoms with van der Waals surface area (Å²) in [5.74, 6) is -0.429. The Kier molecular flexibility index (Phi) is 1.92. The number of nitrogens with one attached hydrogen (secondary N) is 1. The minimum absolute atomic E-state index is 0.0680. The van der Waals surface area contributed by atoms with Crippen molar-refractivity contribution >= 4 is 11.7 Å². The fraction of sp³-hybridized carbons (Fsp3) is 0.500. The minimum Gasteiger partial charge on any atom is -0.354 e. The number of nitrogens with zero attached hydrogens (tertiary/aromatic N) is 3. The smallest absolute Gasteiger partial charge is 0.254 e. The molecule has 0 spiro atoms. The molecule has 0 aliphatic carbocycles. The van der Waals surface area contributed by atoms with E-state index < -0.39 is 19.9 Å². The number of hydrogen-bond donors (Lipinski definition) is 1. The molecule has 1 fully saturated rings. The molecule has 1 N–H and O–H groups in total. The van der Waals surface area contributed by atoms with E-state index in [1.54, 1.807) is 6.07 Å². The Balaban J connectivity index is 2.21. The van der Waals surface area contributed by atoms with E-state index in [0.29, 0.717) is 5.82 Å². The Labute approximate surface area is 110 Å². The van der Waals surface area contributed by atoms with E-state index in [1.807, 2.05) is 4.90 Å². The van der Waals surface area contributed by atoms with Crippen LogP contribution in [0.2, 0.25) is 0 Å². The SMILES string of the molecule is [2H]C([2H])([2H])N(C(=O)c1ccc(N2CCNCC2)nc1)C([2H])([2H])[2H]. The number of amides is 1. The van der Waals surface area contributed by atoms with Gasteiger partial charge in [0.25, 0.3) is 5.91 Å². The molecule has 2 heterocycles. The Morgan fingerprint density at radius 2 is 2.24 bits per heavy atom. The van der Waals surface area contributed by atoms with Gasteiger partial charge in [-0.3, -0.25) is 4.79 Å². The van der Waals surface area contributed by atoms with Gasteiger partial charge in [-0.15, -0.1) is 0 Å². The second kappa shape index (κ2) is 5.14. The zero-order valence-electron chi connectivity index (χ0n) is 15.3. The van der Waals surface area contributed by atoms with Gasteiger partial charge in [0, 0.05) is 54.6 Å². The van der Waals surface area contributed by atoms with E-state index in [2.05, 4.69) is 10.3 Å². The van der Waals surface area contributed by atoms with Crippen molar-refractivity contribution in [1.29, 1.82) is 0 Å². The maximum atomic E-state index is 12.3. The second-order valence-corrected chi connectivity index (χ2v) is 3.78. The first-order chi connectivity index (χ1) is 10.6. The Morgan fingerprint density at radius 1 is 1.47 bits per heavy atom. The van der Waals surface area contributed by atoms with Crippen molar-refractivity contribution in [1.82, 2.24) is 15.2 Å². The summed E-state index contributed by atoms with van der Waals surface area (Å²) in [6.45, 7) is -2.91. The maximum Gasteiger partial charge on any atom is 0.254 e. The molecule has 0 bridgehead atoms. The molecule has 0 atom stereocenters. The number of hydrogen-bond acceptors (Lipinski definition) is 4. The van der Waals surface area contributed by atoms with Crippen molar-refractivity contribution in [3.63, 3.8) is 0 Å². The van der Waals surface area contributed by atoms with E-state index in [0.717, 1.165) is 26.2 Å². The number of carbonyl (C=O) groups is 1. The van der Waals surface area contributed by atoms with Crippen molar-refractivity contribution in [2.24, 2.45) is 0 Å². The fourth-order valence-electron chi connectivity index (χ4n) is 1.72. The summed E-state index contributed by atoms with van der Waals surface area (Å²) < 4.78 is 43.6. The predicted octanol–water partition coefficient (Wildman–Crippen LogP) is 0.193. The highest BCUT2D eigenvalue weighted by Crippen LogP contribution is 2.12. The lowest BCUT2D eigenvalue weighted by Crippen LogP contribution is -2.43. The molecule has 92 valence electrons. The van der Waals surface area contributed by atoms with Crippen molar-refractivity contribution in [3.05, 3.63) is 23.9 Å². The van der Waals surface area contributed by atoms with Crippen LogP contribution in [0.4, 0.5) is 5.82 Å². The maximum absolute atomic E-state index is 12.3. The molecule has 5 heteroatoms. The van der Waals surface area contributed by atoms with Crippen LogP contribution in [-0.2, 0) is 0 Å². The van der Waals surface area contributed by atoms with Crippen LogP contribution in [0.15, 0.2) is 18.3 Å². The van der Waals surface area contributed by atoms with Gasteiger partial charge in [0.05, 0.1) is 5.56 Å². The highest BCUT2D eigenvalue weighted by atomic mass is 16.2. The third-order valence-corrected chi connectivity index (χ3v) is 2.64. The van der Waals surface area contributed by atoms with Gasteiger partial charge in [-0.1, -0.05) is 0 Å². The molecule has 17 heavy (non-hydrogen) atoms. The standard InChI is InChI=1S/C12H18N4O/c1-15(2)12(17)10-3-4-11(14-9-10)16-7-5-13-6-8-16/h3-4,9,13H,5-8H2,1-2H3/i1D3,2D3. The van der Waals surface area contributed by atoms with Crippen LogP contribution in [-0.4, -0.2) is 55.9 Å². The van der Waals surface area contributed by atoms with Gasteiger partial charge < -0.3 is 15.1 Å². The lowest BCUT2D eigenvalue weighted by atomic mass is 10.2. The van der Waals surface area contributed by atoms with Crippen LogP contribution >= 0.6 is 0 Å². The summed E-state index contributed by atoms with van der Waals surface area (Å²) in [5, 5.41) is 3.21. The van der Waals surface area contributed by atoms with Gasteiger partial charge in [-0.05, 0) is 12.1 Å². The zero-order valence-corrected chi connectivity index (χ0v) is 9.31. The first-order valence-electron chi connectivity index (χ1n) is 8.37. The molecule has 2 rings (SSSR count). The van der Waals surface area contributed by atoms with E-state index in [9.17, 15) is 4.79 Å². The predicted molar refractivity (Wildman–Crippen MR) is 67.3 cm³/mol. The third kappa shape index (κ3) is 2.74. The van der Waals surface area contributed by atoms with Crippen molar-refractivity contribution < 1.29 is 13.0 Å². The number of aromatic nitrogens is 1.